The van der Waals surface area contributed by atoms with Crippen LogP contribution in [0.3, 0.4) is 0 Å². The van der Waals surface area contributed by atoms with Crippen LogP contribution in [0.15, 0.2) is 4.99 Å². The highest BCUT2D eigenvalue weighted by Gasteiger charge is 1.93. The number of nitrogens with zero attached hydrogens (tertiary/aromatic N) is 2. The molecule has 0 bridgehead atoms. The van der Waals surface area contributed by atoms with E-state index in [0.29, 0.717) is 5.96 Å². The molecule has 0 spiro atoms. The van der Waals surface area contributed by atoms with Crippen molar-refractivity contribution in [3.63, 3.8) is 0 Å². The van der Waals surface area contributed by atoms with Gasteiger partial charge >= 0.3 is 0 Å². The predicted molar refractivity (Wildman–Crippen MR) is 96.5 cm³/mol. The third-order valence-corrected chi connectivity index (χ3v) is 2.88. The van der Waals surface area contributed by atoms with Crippen molar-refractivity contribution in [2.24, 2.45) is 10.7 Å². The van der Waals surface area contributed by atoms with Gasteiger partial charge in [-0.05, 0) is 39.9 Å². The van der Waals surface area contributed by atoms with Crippen LogP contribution in [-0.2, 0) is 0 Å². The van der Waals surface area contributed by atoms with E-state index in [2.05, 4.69) is 36.2 Å². The third kappa shape index (κ3) is 18.0. The summed E-state index contributed by atoms with van der Waals surface area (Å²) in [6.45, 7) is 5.17. The molecule has 0 fully saturated rings. The van der Waals surface area contributed by atoms with E-state index in [4.69, 9.17) is 5.73 Å². The topological polar surface area (TPSA) is 53.6 Å². The van der Waals surface area contributed by atoms with Crippen LogP contribution >= 0.6 is 24.0 Å². The molecular formula is C14H33IN4. The molecule has 0 radical (unpaired) electrons. The highest BCUT2D eigenvalue weighted by molar-refractivity contribution is 14.0. The summed E-state index contributed by atoms with van der Waals surface area (Å²) in [6.07, 6.45) is 8.70. The summed E-state index contributed by atoms with van der Waals surface area (Å²) in [4.78, 5) is 6.56. The van der Waals surface area contributed by atoms with Gasteiger partial charge in [-0.1, -0.05) is 32.6 Å². The summed E-state index contributed by atoms with van der Waals surface area (Å²) in [5, 5.41) is 3.13. The standard InChI is InChI=1S/C14H32N4.HI/c1-4-5-11-16-14(15)17-12-9-7-6-8-10-13-18(2)3;/h4-13H2,1-3H3,(H3,15,16,17);1H. The summed E-state index contributed by atoms with van der Waals surface area (Å²) < 4.78 is 0. The maximum Gasteiger partial charge on any atom is 0.188 e. The zero-order chi connectivity index (χ0) is 13.6. The Morgan fingerprint density at radius 1 is 1.05 bits per heavy atom. The normalized spacial score (nSPS) is 11.5. The van der Waals surface area contributed by atoms with Crippen molar-refractivity contribution in [3.05, 3.63) is 0 Å². The van der Waals surface area contributed by atoms with E-state index >= 15 is 0 Å². The number of unbranched alkanes of at least 4 members (excludes halogenated alkanes) is 5. The van der Waals surface area contributed by atoms with Crippen LogP contribution in [0.5, 0.6) is 0 Å². The molecule has 4 nitrogen and oxygen atoms in total. The van der Waals surface area contributed by atoms with Gasteiger partial charge in [-0.15, -0.1) is 24.0 Å². The van der Waals surface area contributed by atoms with Gasteiger partial charge in [-0.25, -0.2) is 0 Å². The fourth-order valence-corrected chi connectivity index (χ4v) is 1.72. The van der Waals surface area contributed by atoms with Crippen LogP contribution in [0.2, 0.25) is 0 Å². The maximum atomic E-state index is 5.74. The quantitative estimate of drug-likeness (QED) is 0.249. The van der Waals surface area contributed by atoms with Crippen molar-refractivity contribution in [2.75, 3.05) is 33.7 Å². The second-order valence-electron chi connectivity index (χ2n) is 5.12. The number of hydrogen-bond donors (Lipinski definition) is 2. The van der Waals surface area contributed by atoms with Crippen molar-refractivity contribution >= 4 is 29.9 Å². The molecule has 0 heterocycles. The molecule has 0 aliphatic carbocycles. The summed E-state index contributed by atoms with van der Waals surface area (Å²) in [5.41, 5.74) is 5.74. The summed E-state index contributed by atoms with van der Waals surface area (Å²) in [5.74, 6) is 0.607. The number of nitrogens with one attached hydrogen (secondary N) is 1. The highest BCUT2D eigenvalue weighted by atomic mass is 127. The molecule has 0 rings (SSSR count). The van der Waals surface area contributed by atoms with Gasteiger partial charge in [0.15, 0.2) is 5.96 Å². The minimum Gasteiger partial charge on any atom is -0.370 e. The molecule has 0 unspecified atom stereocenters. The highest BCUT2D eigenvalue weighted by Crippen LogP contribution is 2.03. The molecule has 5 heteroatoms. The summed E-state index contributed by atoms with van der Waals surface area (Å²) in [7, 11) is 4.26. The number of hydrogen-bond acceptors (Lipinski definition) is 2. The summed E-state index contributed by atoms with van der Waals surface area (Å²) >= 11 is 0. The van der Waals surface area contributed by atoms with E-state index in [9.17, 15) is 0 Å². The molecular weight excluding hydrogens is 351 g/mol. The maximum absolute atomic E-state index is 5.74. The fraction of sp³-hybridized carbons (Fsp3) is 0.929. The van der Waals surface area contributed by atoms with Gasteiger partial charge in [0.1, 0.15) is 0 Å². The molecule has 0 amide bonds. The number of rotatable bonds is 11. The van der Waals surface area contributed by atoms with E-state index in [0.717, 1.165) is 25.9 Å². The molecule has 0 saturated carbocycles. The lowest BCUT2D eigenvalue weighted by molar-refractivity contribution is 0.390. The number of aliphatic imine (C=N–C) groups is 1. The lowest BCUT2D eigenvalue weighted by atomic mass is 10.1. The Labute approximate surface area is 136 Å². The van der Waals surface area contributed by atoms with Crippen molar-refractivity contribution in [1.29, 1.82) is 0 Å². The molecule has 116 valence electrons. The summed E-state index contributed by atoms with van der Waals surface area (Å²) in [6, 6.07) is 0. The molecule has 0 aromatic rings. The Morgan fingerprint density at radius 2 is 1.68 bits per heavy atom. The average Bonchev–Trinajstić information content (AvgIpc) is 2.32. The Kier molecular flexibility index (Phi) is 17.9. The second-order valence-corrected chi connectivity index (χ2v) is 5.12. The van der Waals surface area contributed by atoms with Crippen LogP contribution < -0.4 is 11.1 Å². The Bertz CT molecular complexity index is 208. The minimum absolute atomic E-state index is 0. The predicted octanol–water partition coefficient (Wildman–Crippen LogP) is 2.82. The molecule has 0 aromatic carbocycles. The largest absolute Gasteiger partial charge is 0.370 e. The SMILES string of the molecule is CCCCNC(N)=NCCCCCCCN(C)C.I. The first-order chi connectivity index (χ1) is 8.66. The third-order valence-electron chi connectivity index (χ3n) is 2.88. The van der Waals surface area contributed by atoms with Gasteiger partial charge in [0.25, 0.3) is 0 Å². The second kappa shape index (κ2) is 16.0. The number of guanidine groups is 1. The van der Waals surface area contributed by atoms with Gasteiger partial charge in [-0.2, -0.15) is 0 Å². The van der Waals surface area contributed by atoms with Crippen LogP contribution in [0.25, 0.3) is 0 Å². The van der Waals surface area contributed by atoms with Crippen LogP contribution in [-0.4, -0.2) is 44.6 Å². The smallest absolute Gasteiger partial charge is 0.188 e. The first kappa shape index (κ1) is 21.3. The zero-order valence-electron chi connectivity index (χ0n) is 13.0. The molecule has 0 aliphatic rings. The van der Waals surface area contributed by atoms with Gasteiger partial charge in [0.2, 0.25) is 0 Å². The molecule has 19 heavy (non-hydrogen) atoms. The molecule has 3 N–H and O–H groups in total. The lowest BCUT2D eigenvalue weighted by Gasteiger charge is -2.08. The number of halogens is 1. The molecule has 0 saturated heterocycles. The van der Waals surface area contributed by atoms with E-state index in [1.165, 1.54) is 38.6 Å². The van der Waals surface area contributed by atoms with E-state index < -0.39 is 0 Å². The van der Waals surface area contributed by atoms with Gasteiger partial charge in [0.05, 0.1) is 0 Å². The molecule has 0 aliphatic heterocycles. The zero-order valence-corrected chi connectivity index (χ0v) is 15.3. The Balaban J connectivity index is 0. The number of nitrogens with two attached hydrogens (primary N) is 1. The Morgan fingerprint density at radius 3 is 2.32 bits per heavy atom. The van der Waals surface area contributed by atoms with E-state index in [1.54, 1.807) is 0 Å². The fourth-order valence-electron chi connectivity index (χ4n) is 1.72. The lowest BCUT2D eigenvalue weighted by Crippen LogP contribution is -2.32. The average molecular weight is 384 g/mol. The van der Waals surface area contributed by atoms with E-state index in [1.807, 2.05) is 0 Å². The minimum atomic E-state index is 0. The van der Waals surface area contributed by atoms with Gasteiger partial charge in [-0.3, -0.25) is 4.99 Å². The van der Waals surface area contributed by atoms with E-state index in [-0.39, 0.29) is 24.0 Å². The molecule has 0 atom stereocenters. The first-order valence-corrected chi connectivity index (χ1v) is 7.35. The van der Waals surface area contributed by atoms with Crippen molar-refractivity contribution < 1.29 is 0 Å². The first-order valence-electron chi connectivity index (χ1n) is 7.35. The van der Waals surface area contributed by atoms with Crippen LogP contribution in [0.4, 0.5) is 0 Å². The van der Waals surface area contributed by atoms with Crippen LogP contribution in [0.1, 0.15) is 51.9 Å². The monoisotopic (exact) mass is 384 g/mol. The van der Waals surface area contributed by atoms with Gasteiger partial charge < -0.3 is 16.0 Å². The van der Waals surface area contributed by atoms with Crippen molar-refractivity contribution in [1.82, 2.24) is 10.2 Å². The van der Waals surface area contributed by atoms with Gasteiger partial charge in [0, 0.05) is 13.1 Å². The van der Waals surface area contributed by atoms with Crippen molar-refractivity contribution in [3.8, 4) is 0 Å². The Hall–Kier alpha value is -0.0400. The van der Waals surface area contributed by atoms with Crippen molar-refractivity contribution in [2.45, 2.75) is 51.9 Å². The molecule has 0 aromatic heterocycles. The van der Waals surface area contributed by atoms with Crippen LogP contribution in [0, 0.1) is 0 Å².